The number of nitrogens with one attached hydrogen (secondary N) is 1. The minimum Gasteiger partial charge on any atom is -0.344 e. The lowest BCUT2D eigenvalue weighted by Gasteiger charge is -2.29. The maximum Gasteiger partial charge on any atom is 0.105 e. The Labute approximate surface area is 264 Å². The molecule has 0 radical (unpaired) electrons. The Morgan fingerprint density at radius 1 is 0.977 bits per heavy atom. The fraction of sp³-hybridized carbons (Fsp3) is 0.262. The summed E-state index contributed by atoms with van der Waals surface area (Å²) in [5, 5.41) is 3.62. The van der Waals surface area contributed by atoms with Crippen molar-refractivity contribution < 1.29 is 0 Å². The molecule has 222 valence electrons. The van der Waals surface area contributed by atoms with Crippen molar-refractivity contribution in [2.45, 2.75) is 57.9 Å². The van der Waals surface area contributed by atoms with Crippen LogP contribution in [0.4, 0.5) is 0 Å². The molecular weight excluding hydrogens is 532 g/mol. The topological polar surface area (TPSA) is 24.4 Å². The van der Waals surface area contributed by atoms with Crippen LogP contribution < -0.4 is 5.32 Å². The summed E-state index contributed by atoms with van der Waals surface area (Å²) < 4.78 is 0. The molecule has 2 unspecified atom stereocenters. The van der Waals surface area contributed by atoms with Gasteiger partial charge < -0.3 is 5.32 Å². The second kappa shape index (κ2) is 12.3. The maximum atomic E-state index is 5.21. The fourth-order valence-electron chi connectivity index (χ4n) is 7.04. The van der Waals surface area contributed by atoms with Crippen molar-refractivity contribution in [3.63, 3.8) is 0 Å². The summed E-state index contributed by atoms with van der Waals surface area (Å²) >= 11 is 0. The normalized spacial score (nSPS) is 19.6. The number of allylic oxidation sites excluding steroid dienone is 6. The van der Waals surface area contributed by atoms with E-state index in [9.17, 15) is 0 Å². The Balaban J connectivity index is 1.25. The average Bonchev–Trinajstić information content (AvgIpc) is 3.29. The standard InChI is InChI=1S/C42H44N2/c1-7-15-28(3)41-43-39(27-40(44-41)31-16-10-9-11-17-31)30(8-2)24-29(4)32-18-14-19-33(25-32)34-22-23-38-36(26-34)35-20-12-13-21-37(35)42(38,5)6/h7-13,16-17,19-23,25-28,30,39H,1-2,4,14-15,18,24H2,3,5-6H3,(H,43,44)/t28-,30?,39?/m0/s1. The van der Waals surface area contributed by atoms with Crippen molar-refractivity contribution in [1.29, 1.82) is 0 Å². The van der Waals surface area contributed by atoms with Crippen LogP contribution >= 0.6 is 0 Å². The van der Waals surface area contributed by atoms with Crippen molar-refractivity contribution in [3.05, 3.63) is 156 Å². The van der Waals surface area contributed by atoms with Gasteiger partial charge in [0.2, 0.25) is 0 Å². The molecule has 3 aromatic rings. The number of fused-ring (bicyclic) bond motifs is 3. The van der Waals surface area contributed by atoms with E-state index < -0.39 is 0 Å². The molecule has 0 saturated carbocycles. The molecule has 1 heterocycles. The molecule has 1 N–H and O–H groups in total. The summed E-state index contributed by atoms with van der Waals surface area (Å²) in [4.78, 5) is 5.21. The minimum absolute atomic E-state index is 0.0118. The lowest BCUT2D eigenvalue weighted by Crippen LogP contribution is -2.35. The van der Waals surface area contributed by atoms with Gasteiger partial charge in [-0.3, -0.25) is 4.99 Å². The molecule has 0 aromatic heterocycles. The third-order valence-electron chi connectivity index (χ3n) is 9.66. The molecule has 3 aliphatic rings. The largest absolute Gasteiger partial charge is 0.344 e. The number of benzene rings is 3. The van der Waals surface area contributed by atoms with E-state index in [4.69, 9.17) is 4.99 Å². The summed E-state index contributed by atoms with van der Waals surface area (Å²) in [7, 11) is 0. The second-order valence-corrected chi connectivity index (χ2v) is 13.0. The Morgan fingerprint density at radius 2 is 1.73 bits per heavy atom. The minimum atomic E-state index is -0.0118. The number of nitrogens with zero attached hydrogens (tertiary/aromatic N) is 1. The molecule has 2 nitrogen and oxygen atoms in total. The van der Waals surface area contributed by atoms with E-state index in [-0.39, 0.29) is 23.3 Å². The van der Waals surface area contributed by atoms with E-state index in [0.717, 1.165) is 37.2 Å². The van der Waals surface area contributed by atoms with Crippen molar-refractivity contribution in [2.24, 2.45) is 16.8 Å². The molecular formula is C42H44N2. The lowest BCUT2D eigenvalue weighted by atomic mass is 9.81. The SMILES string of the molecule is C=CC[C@H](C)C1=NC(C(C=C)CC(=C)C2=CC(c3ccc4c(c3)-c3ccccc3C4(C)C)=CCC2)C=C(c2ccccc2)N1. The van der Waals surface area contributed by atoms with E-state index in [1.807, 2.05) is 6.08 Å². The number of hydrogen-bond donors (Lipinski definition) is 1. The monoisotopic (exact) mass is 576 g/mol. The first-order valence-corrected chi connectivity index (χ1v) is 16.0. The molecule has 0 bridgehead atoms. The zero-order valence-electron chi connectivity index (χ0n) is 26.4. The van der Waals surface area contributed by atoms with E-state index in [1.54, 1.807) is 0 Å². The molecule has 0 spiro atoms. The molecule has 6 rings (SSSR count). The van der Waals surface area contributed by atoms with Gasteiger partial charge in [-0.05, 0) is 82.4 Å². The van der Waals surface area contributed by atoms with Gasteiger partial charge in [0.25, 0.3) is 0 Å². The quantitative estimate of drug-likeness (QED) is 0.239. The van der Waals surface area contributed by atoms with E-state index >= 15 is 0 Å². The maximum absolute atomic E-state index is 5.21. The summed E-state index contributed by atoms with van der Waals surface area (Å²) in [5.74, 6) is 1.41. The van der Waals surface area contributed by atoms with Gasteiger partial charge in [-0.15, -0.1) is 13.2 Å². The summed E-state index contributed by atoms with van der Waals surface area (Å²) in [5.41, 5.74) is 12.9. The Morgan fingerprint density at radius 3 is 2.50 bits per heavy atom. The number of hydrogen-bond acceptors (Lipinski definition) is 2. The highest BCUT2D eigenvalue weighted by Crippen LogP contribution is 2.49. The highest BCUT2D eigenvalue weighted by Gasteiger charge is 2.35. The van der Waals surface area contributed by atoms with Gasteiger partial charge >= 0.3 is 0 Å². The molecule has 3 atom stereocenters. The van der Waals surface area contributed by atoms with E-state index in [2.05, 4.69) is 143 Å². The van der Waals surface area contributed by atoms with E-state index in [1.165, 1.54) is 50.1 Å². The molecule has 1 aliphatic heterocycles. The zero-order chi connectivity index (χ0) is 30.8. The van der Waals surface area contributed by atoms with Crippen LogP contribution in [0, 0.1) is 11.8 Å². The molecule has 3 aromatic carbocycles. The van der Waals surface area contributed by atoms with Gasteiger partial charge in [-0.1, -0.05) is 124 Å². The fourth-order valence-corrected chi connectivity index (χ4v) is 7.04. The molecule has 0 amide bonds. The number of rotatable bonds is 10. The van der Waals surface area contributed by atoms with Crippen LogP contribution in [-0.2, 0) is 5.41 Å². The predicted octanol–water partition coefficient (Wildman–Crippen LogP) is 10.5. The predicted molar refractivity (Wildman–Crippen MR) is 189 cm³/mol. The Bertz CT molecular complexity index is 1730. The van der Waals surface area contributed by atoms with Crippen LogP contribution in [-0.4, -0.2) is 11.9 Å². The highest BCUT2D eigenvalue weighted by atomic mass is 15.0. The molecule has 0 saturated heterocycles. The Kier molecular flexibility index (Phi) is 8.27. The van der Waals surface area contributed by atoms with E-state index in [0.29, 0.717) is 0 Å². The van der Waals surface area contributed by atoms with Crippen molar-refractivity contribution >= 4 is 17.1 Å². The average molecular weight is 577 g/mol. The van der Waals surface area contributed by atoms with Crippen molar-refractivity contribution in [2.75, 3.05) is 0 Å². The van der Waals surface area contributed by atoms with Gasteiger partial charge in [0.1, 0.15) is 5.84 Å². The third-order valence-corrected chi connectivity index (χ3v) is 9.66. The molecule has 2 heteroatoms. The van der Waals surface area contributed by atoms with Gasteiger partial charge in [0, 0.05) is 22.9 Å². The van der Waals surface area contributed by atoms with Crippen molar-refractivity contribution in [1.82, 2.24) is 5.32 Å². The zero-order valence-corrected chi connectivity index (χ0v) is 26.4. The Hall–Kier alpha value is -4.43. The second-order valence-electron chi connectivity index (χ2n) is 13.0. The van der Waals surface area contributed by atoms with Gasteiger partial charge in [0.15, 0.2) is 0 Å². The molecule has 44 heavy (non-hydrogen) atoms. The van der Waals surface area contributed by atoms with Crippen LogP contribution in [0.2, 0.25) is 0 Å². The summed E-state index contributed by atoms with van der Waals surface area (Å²) in [6, 6.07) is 26.4. The smallest absolute Gasteiger partial charge is 0.105 e. The van der Waals surface area contributed by atoms with Crippen molar-refractivity contribution in [3.8, 4) is 11.1 Å². The molecule has 0 fully saturated rings. The van der Waals surface area contributed by atoms with Gasteiger partial charge in [-0.25, -0.2) is 0 Å². The highest BCUT2D eigenvalue weighted by molar-refractivity contribution is 5.94. The van der Waals surface area contributed by atoms with Gasteiger partial charge in [0.05, 0.1) is 6.04 Å². The van der Waals surface area contributed by atoms with Crippen LogP contribution in [0.15, 0.2) is 139 Å². The van der Waals surface area contributed by atoms with Crippen LogP contribution in [0.1, 0.15) is 68.7 Å². The van der Waals surface area contributed by atoms with Crippen LogP contribution in [0.3, 0.4) is 0 Å². The summed E-state index contributed by atoms with van der Waals surface area (Å²) in [6.45, 7) is 19.7. The van der Waals surface area contributed by atoms with Crippen LogP contribution in [0.25, 0.3) is 22.4 Å². The third kappa shape index (κ3) is 5.62. The number of aliphatic imine (C=N–C) groups is 1. The first kappa shape index (κ1) is 29.6. The summed E-state index contributed by atoms with van der Waals surface area (Å²) in [6.07, 6.45) is 14.8. The first-order chi connectivity index (χ1) is 21.3. The van der Waals surface area contributed by atoms with Gasteiger partial charge in [-0.2, -0.15) is 0 Å². The lowest BCUT2D eigenvalue weighted by molar-refractivity contribution is 0.562. The van der Waals surface area contributed by atoms with Crippen LogP contribution in [0.5, 0.6) is 0 Å². The number of amidine groups is 1. The first-order valence-electron chi connectivity index (χ1n) is 16.0. The molecule has 2 aliphatic carbocycles.